The number of carbonyl (C=O) groups is 1. The number of anilines is 1. The Balaban J connectivity index is 1.90. The highest BCUT2D eigenvalue weighted by molar-refractivity contribution is 9.10. The number of amides is 1. The van der Waals surface area contributed by atoms with Crippen molar-refractivity contribution in [3.63, 3.8) is 0 Å². The molecule has 0 spiro atoms. The summed E-state index contributed by atoms with van der Waals surface area (Å²) in [6, 6.07) is 24.7. The van der Waals surface area contributed by atoms with E-state index in [4.69, 9.17) is 0 Å². The van der Waals surface area contributed by atoms with Crippen LogP contribution in [0.5, 0.6) is 0 Å². The summed E-state index contributed by atoms with van der Waals surface area (Å²) < 4.78 is 28.6. The fourth-order valence-corrected chi connectivity index (χ4v) is 4.48. The molecule has 0 radical (unpaired) electrons. The van der Waals surface area contributed by atoms with Crippen LogP contribution in [0.2, 0.25) is 0 Å². The third-order valence-electron chi connectivity index (χ3n) is 4.48. The Bertz CT molecular complexity index is 1060. The molecule has 0 saturated heterocycles. The number of benzene rings is 3. The number of likely N-dealkylation sites (N-methyl/N-ethyl adjacent to an activating group) is 1. The van der Waals surface area contributed by atoms with Crippen LogP contribution in [0.3, 0.4) is 0 Å². The van der Waals surface area contributed by atoms with Gasteiger partial charge in [0.25, 0.3) is 0 Å². The molecule has 3 rings (SSSR count). The molecule has 3 aromatic carbocycles. The number of carbonyl (C=O) groups excluding carboxylic acids is 1. The molecule has 29 heavy (non-hydrogen) atoms. The molecule has 0 aromatic heterocycles. The lowest BCUT2D eigenvalue weighted by Crippen LogP contribution is -2.41. The molecule has 0 aliphatic heterocycles. The minimum absolute atomic E-state index is 0.0961. The Labute approximate surface area is 179 Å². The minimum atomic E-state index is -3.85. The van der Waals surface area contributed by atoms with E-state index in [1.807, 2.05) is 54.6 Å². The van der Waals surface area contributed by atoms with Gasteiger partial charge in [0, 0.05) is 23.8 Å². The number of hydrogen-bond donors (Lipinski definition) is 0. The summed E-state index contributed by atoms with van der Waals surface area (Å²) in [4.78, 5) is 14.5. The largest absolute Gasteiger partial charge is 0.314 e. The van der Waals surface area contributed by atoms with Gasteiger partial charge in [-0.3, -0.25) is 4.79 Å². The summed E-state index contributed by atoms with van der Waals surface area (Å²) in [7, 11) is -2.20. The van der Waals surface area contributed by atoms with Crippen molar-refractivity contribution in [2.24, 2.45) is 0 Å². The van der Waals surface area contributed by atoms with Gasteiger partial charge in [0.15, 0.2) is 0 Å². The van der Waals surface area contributed by atoms with Crippen molar-refractivity contribution in [2.45, 2.75) is 11.4 Å². The number of hydrogen-bond acceptors (Lipinski definition) is 3. The van der Waals surface area contributed by atoms with Crippen molar-refractivity contribution in [2.75, 3.05) is 18.5 Å². The van der Waals surface area contributed by atoms with Crippen LogP contribution in [0.4, 0.5) is 5.69 Å². The predicted octanol–water partition coefficient (Wildman–Crippen LogP) is 4.30. The molecule has 150 valence electrons. The molecule has 0 fully saturated rings. The van der Waals surface area contributed by atoms with Crippen LogP contribution in [-0.4, -0.2) is 32.2 Å². The molecule has 5 nitrogen and oxygen atoms in total. The molecule has 0 unspecified atom stereocenters. The zero-order valence-electron chi connectivity index (χ0n) is 15.9. The van der Waals surface area contributed by atoms with Gasteiger partial charge in [-0.15, -0.1) is 0 Å². The topological polar surface area (TPSA) is 57.7 Å². The summed E-state index contributed by atoms with van der Waals surface area (Å²) >= 11 is 3.38. The van der Waals surface area contributed by atoms with E-state index in [-0.39, 0.29) is 23.9 Å². The van der Waals surface area contributed by atoms with Gasteiger partial charge < -0.3 is 4.90 Å². The van der Waals surface area contributed by atoms with Gasteiger partial charge >= 0.3 is 0 Å². The Kier molecular flexibility index (Phi) is 6.84. The monoisotopic (exact) mass is 472 g/mol. The number of nitrogens with zero attached hydrogens (tertiary/aromatic N) is 2. The van der Waals surface area contributed by atoms with Gasteiger partial charge in [0.05, 0.1) is 11.4 Å². The third kappa shape index (κ3) is 5.32. The first-order valence-electron chi connectivity index (χ1n) is 8.99. The first kappa shape index (κ1) is 21.2. The van der Waals surface area contributed by atoms with E-state index in [1.165, 1.54) is 21.3 Å². The molecule has 0 bridgehead atoms. The second-order valence-electron chi connectivity index (χ2n) is 6.50. The molecular formula is C22H21BrN2O3S. The molecule has 0 N–H and O–H groups in total. The van der Waals surface area contributed by atoms with Gasteiger partial charge in [-0.25, -0.2) is 8.42 Å². The molecule has 0 saturated carbocycles. The van der Waals surface area contributed by atoms with Gasteiger partial charge in [-0.05, 0) is 42.0 Å². The molecule has 0 heterocycles. The maximum atomic E-state index is 13.2. The predicted molar refractivity (Wildman–Crippen MR) is 118 cm³/mol. The van der Waals surface area contributed by atoms with E-state index in [0.717, 1.165) is 10.0 Å². The molecule has 7 heteroatoms. The lowest BCUT2D eigenvalue weighted by Gasteiger charge is -2.25. The van der Waals surface area contributed by atoms with Crippen molar-refractivity contribution in [1.82, 2.24) is 4.31 Å². The minimum Gasteiger partial charge on any atom is -0.314 e. The second kappa shape index (κ2) is 9.35. The highest BCUT2D eigenvalue weighted by Crippen LogP contribution is 2.20. The maximum absolute atomic E-state index is 13.2. The standard InChI is InChI=1S/C22H21BrN2O3S/c1-24(20-8-4-2-5-9-20)22(26)17-25(16-18-12-14-19(23)15-13-18)29(27,28)21-10-6-3-7-11-21/h2-15H,16-17H2,1H3. The average molecular weight is 473 g/mol. The van der Waals surface area contributed by atoms with Crippen LogP contribution in [0.25, 0.3) is 0 Å². The fraction of sp³-hybridized carbons (Fsp3) is 0.136. The first-order chi connectivity index (χ1) is 13.9. The summed E-state index contributed by atoms with van der Waals surface area (Å²) in [5.74, 6) is -0.312. The summed E-state index contributed by atoms with van der Waals surface area (Å²) in [6.45, 7) is -0.169. The van der Waals surface area contributed by atoms with Gasteiger partial charge in [0.2, 0.25) is 15.9 Å². The van der Waals surface area contributed by atoms with Crippen molar-refractivity contribution >= 4 is 37.5 Å². The van der Waals surface area contributed by atoms with Crippen LogP contribution < -0.4 is 4.90 Å². The van der Waals surface area contributed by atoms with E-state index in [2.05, 4.69) is 15.9 Å². The lowest BCUT2D eigenvalue weighted by atomic mass is 10.2. The quantitative estimate of drug-likeness (QED) is 0.514. The summed E-state index contributed by atoms with van der Waals surface area (Å²) in [5.41, 5.74) is 1.50. The van der Waals surface area contributed by atoms with E-state index in [1.54, 1.807) is 25.2 Å². The first-order valence-corrected chi connectivity index (χ1v) is 11.2. The number of para-hydroxylation sites is 1. The number of halogens is 1. The van der Waals surface area contributed by atoms with Crippen LogP contribution in [0, 0.1) is 0 Å². The Hall–Kier alpha value is -2.48. The Morgan fingerprint density at radius 3 is 2.00 bits per heavy atom. The summed E-state index contributed by atoms with van der Waals surface area (Å²) in [6.07, 6.45) is 0. The second-order valence-corrected chi connectivity index (χ2v) is 9.35. The van der Waals surface area contributed by atoms with E-state index in [9.17, 15) is 13.2 Å². The van der Waals surface area contributed by atoms with Gasteiger partial charge in [-0.2, -0.15) is 4.31 Å². The normalized spacial score (nSPS) is 11.4. The van der Waals surface area contributed by atoms with Crippen LogP contribution in [-0.2, 0) is 21.4 Å². The van der Waals surface area contributed by atoms with E-state index >= 15 is 0 Å². The van der Waals surface area contributed by atoms with E-state index in [0.29, 0.717) is 5.69 Å². The molecule has 0 aliphatic carbocycles. The molecule has 3 aromatic rings. The third-order valence-corrected chi connectivity index (χ3v) is 6.82. The van der Waals surface area contributed by atoms with Crippen LogP contribution in [0.15, 0.2) is 94.3 Å². The molecule has 0 atom stereocenters. The van der Waals surface area contributed by atoms with Gasteiger partial charge in [-0.1, -0.05) is 64.5 Å². The molecule has 1 amide bonds. The maximum Gasteiger partial charge on any atom is 0.243 e. The van der Waals surface area contributed by atoms with E-state index < -0.39 is 10.0 Å². The fourth-order valence-electron chi connectivity index (χ4n) is 2.81. The zero-order valence-corrected chi connectivity index (χ0v) is 18.3. The van der Waals surface area contributed by atoms with Gasteiger partial charge in [0.1, 0.15) is 0 Å². The van der Waals surface area contributed by atoms with Crippen LogP contribution >= 0.6 is 15.9 Å². The zero-order chi connectivity index (χ0) is 20.9. The average Bonchev–Trinajstić information content (AvgIpc) is 2.75. The Morgan fingerprint density at radius 1 is 0.862 bits per heavy atom. The molecular weight excluding hydrogens is 452 g/mol. The van der Waals surface area contributed by atoms with Crippen molar-refractivity contribution in [3.05, 3.63) is 95.0 Å². The lowest BCUT2D eigenvalue weighted by molar-refractivity contribution is -0.118. The number of sulfonamides is 1. The van der Waals surface area contributed by atoms with Crippen molar-refractivity contribution in [1.29, 1.82) is 0 Å². The number of rotatable bonds is 7. The molecule has 0 aliphatic rings. The Morgan fingerprint density at radius 2 is 1.41 bits per heavy atom. The highest BCUT2D eigenvalue weighted by Gasteiger charge is 2.28. The van der Waals surface area contributed by atoms with Crippen molar-refractivity contribution < 1.29 is 13.2 Å². The van der Waals surface area contributed by atoms with Crippen molar-refractivity contribution in [3.8, 4) is 0 Å². The highest BCUT2D eigenvalue weighted by atomic mass is 79.9. The summed E-state index contributed by atoms with van der Waals surface area (Å²) in [5, 5.41) is 0. The smallest absolute Gasteiger partial charge is 0.243 e. The van der Waals surface area contributed by atoms with Crippen LogP contribution in [0.1, 0.15) is 5.56 Å². The SMILES string of the molecule is CN(C(=O)CN(Cc1ccc(Br)cc1)S(=O)(=O)c1ccccc1)c1ccccc1.